The van der Waals surface area contributed by atoms with E-state index in [2.05, 4.69) is 4.98 Å². The number of carbonyl (C=O) groups excluding carboxylic acids is 2. The van der Waals surface area contributed by atoms with Gasteiger partial charge in [-0.05, 0) is 31.9 Å². The Hall–Kier alpha value is -3.16. The van der Waals surface area contributed by atoms with Gasteiger partial charge in [0.05, 0.1) is 36.2 Å². The molecule has 0 saturated heterocycles. The number of benzene rings is 1. The van der Waals surface area contributed by atoms with Crippen molar-refractivity contribution in [3.05, 3.63) is 46.5 Å². The molecule has 0 aliphatic rings. The number of ether oxygens (including phenoxy) is 2. The van der Waals surface area contributed by atoms with E-state index in [1.165, 1.54) is 29.9 Å². The van der Waals surface area contributed by atoms with E-state index in [-0.39, 0.29) is 29.1 Å². The minimum Gasteiger partial charge on any atom is -0.478 e. The number of hydrogen-bond acceptors (Lipinski definition) is 6. The summed E-state index contributed by atoms with van der Waals surface area (Å²) in [6.45, 7) is 5.62. The Kier molecular flexibility index (Phi) is 6.92. The molecule has 0 radical (unpaired) electrons. The first kappa shape index (κ1) is 21.1. The highest BCUT2D eigenvalue weighted by Crippen LogP contribution is 2.28. The molecule has 2 rings (SSSR count). The van der Waals surface area contributed by atoms with E-state index in [0.717, 1.165) is 0 Å². The molecule has 8 heteroatoms. The SMILES string of the molecule is CCCc1nc(CC)c(C(=O)OCC)n1-c1c(C(=O)O)cccc1C(=O)OC. The second kappa shape index (κ2) is 9.16. The monoisotopic (exact) mass is 388 g/mol. The van der Waals surface area contributed by atoms with Gasteiger partial charge in [-0.2, -0.15) is 0 Å². The zero-order chi connectivity index (χ0) is 20.8. The first-order valence-electron chi connectivity index (χ1n) is 9.13. The Morgan fingerprint density at radius 3 is 2.32 bits per heavy atom. The highest BCUT2D eigenvalue weighted by Gasteiger charge is 2.30. The van der Waals surface area contributed by atoms with Crippen LogP contribution in [0.1, 0.15) is 69.9 Å². The quantitative estimate of drug-likeness (QED) is 0.692. The standard InChI is InChI=1S/C20H24N2O6/c1-5-9-15-21-14(6-2)17(20(26)28-7-3)22(15)16-12(18(23)24)10-8-11-13(16)19(25)27-4/h8,10-11H,5-7,9H2,1-4H3,(H,23,24). The molecule has 0 spiro atoms. The second-order valence-corrected chi connectivity index (χ2v) is 5.98. The molecule has 1 aromatic heterocycles. The van der Waals surface area contributed by atoms with Gasteiger partial charge in [-0.3, -0.25) is 4.57 Å². The molecule has 1 N–H and O–H groups in total. The highest BCUT2D eigenvalue weighted by molar-refractivity contribution is 6.02. The van der Waals surface area contributed by atoms with Gasteiger partial charge in [-0.1, -0.05) is 19.9 Å². The van der Waals surface area contributed by atoms with Gasteiger partial charge in [0.25, 0.3) is 0 Å². The predicted octanol–water partition coefficient (Wildman–Crippen LogP) is 3.05. The summed E-state index contributed by atoms with van der Waals surface area (Å²) in [5.74, 6) is -2.07. The molecule has 1 heterocycles. The molecule has 0 unspecified atom stereocenters. The third kappa shape index (κ3) is 3.90. The maximum atomic E-state index is 12.7. The van der Waals surface area contributed by atoms with Gasteiger partial charge in [0.15, 0.2) is 5.69 Å². The number of aryl methyl sites for hydroxylation is 2. The number of carboxylic acid groups (broad SMARTS) is 1. The van der Waals surface area contributed by atoms with Crippen molar-refractivity contribution in [3.8, 4) is 5.69 Å². The summed E-state index contributed by atoms with van der Waals surface area (Å²) in [5.41, 5.74) is 0.571. The predicted molar refractivity (Wildman–Crippen MR) is 101 cm³/mol. The fraction of sp³-hybridized carbons (Fsp3) is 0.400. The molecule has 28 heavy (non-hydrogen) atoms. The minimum absolute atomic E-state index is 0.0327. The summed E-state index contributed by atoms with van der Waals surface area (Å²) in [4.78, 5) is 41.5. The fourth-order valence-corrected chi connectivity index (χ4v) is 3.04. The highest BCUT2D eigenvalue weighted by atomic mass is 16.5. The van der Waals surface area contributed by atoms with Crippen molar-refractivity contribution in [1.29, 1.82) is 0 Å². The summed E-state index contributed by atoms with van der Waals surface area (Å²) in [6, 6.07) is 4.30. The van der Waals surface area contributed by atoms with Gasteiger partial charge < -0.3 is 14.6 Å². The van der Waals surface area contributed by atoms with E-state index in [1.807, 2.05) is 13.8 Å². The molecule has 0 amide bonds. The van der Waals surface area contributed by atoms with Gasteiger partial charge in [-0.15, -0.1) is 0 Å². The first-order chi connectivity index (χ1) is 13.4. The fourth-order valence-electron chi connectivity index (χ4n) is 3.04. The molecule has 1 aromatic carbocycles. The Morgan fingerprint density at radius 1 is 1.11 bits per heavy atom. The Balaban J connectivity index is 2.97. The van der Waals surface area contributed by atoms with Crippen LogP contribution in [0, 0.1) is 0 Å². The summed E-state index contributed by atoms with van der Waals surface area (Å²) >= 11 is 0. The average Bonchev–Trinajstić information content (AvgIpc) is 3.05. The van der Waals surface area contributed by atoms with Crippen LogP contribution in [0.4, 0.5) is 0 Å². The number of nitrogens with zero attached hydrogens (tertiary/aromatic N) is 2. The summed E-state index contributed by atoms with van der Waals surface area (Å²) in [5, 5.41) is 9.72. The van der Waals surface area contributed by atoms with Crippen molar-refractivity contribution in [3.63, 3.8) is 0 Å². The summed E-state index contributed by atoms with van der Waals surface area (Å²) < 4.78 is 11.5. The Morgan fingerprint density at radius 2 is 1.79 bits per heavy atom. The zero-order valence-corrected chi connectivity index (χ0v) is 16.4. The van der Waals surface area contributed by atoms with Crippen molar-refractivity contribution in [2.75, 3.05) is 13.7 Å². The van der Waals surface area contributed by atoms with Crippen molar-refractivity contribution >= 4 is 17.9 Å². The number of aromatic carboxylic acids is 1. The van der Waals surface area contributed by atoms with Crippen molar-refractivity contribution in [2.24, 2.45) is 0 Å². The number of esters is 2. The molecule has 0 fully saturated rings. The van der Waals surface area contributed by atoms with Gasteiger partial charge in [0.2, 0.25) is 0 Å². The second-order valence-electron chi connectivity index (χ2n) is 5.98. The third-order valence-corrected chi connectivity index (χ3v) is 4.19. The van der Waals surface area contributed by atoms with Crippen LogP contribution in [0.25, 0.3) is 5.69 Å². The normalized spacial score (nSPS) is 10.6. The van der Waals surface area contributed by atoms with Crippen LogP contribution in [-0.4, -0.2) is 46.3 Å². The van der Waals surface area contributed by atoms with Gasteiger partial charge in [0.1, 0.15) is 5.82 Å². The van der Waals surface area contributed by atoms with Crippen LogP contribution >= 0.6 is 0 Å². The average molecular weight is 388 g/mol. The molecular formula is C20H24N2O6. The van der Waals surface area contributed by atoms with Gasteiger partial charge in [0, 0.05) is 6.42 Å². The Labute approximate surface area is 163 Å². The summed E-state index contributed by atoms with van der Waals surface area (Å²) in [7, 11) is 1.21. The molecule has 2 aromatic rings. The van der Waals surface area contributed by atoms with Crippen LogP contribution in [0.3, 0.4) is 0 Å². The van der Waals surface area contributed by atoms with E-state index in [4.69, 9.17) is 9.47 Å². The van der Waals surface area contributed by atoms with E-state index in [1.54, 1.807) is 6.92 Å². The number of aromatic nitrogens is 2. The van der Waals surface area contributed by atoms with E-state index < -0.39 is 17.9 Å². The molecule has 0 aliphatic heterocycles. The maximum absolute atomic E-state index is 12.7. The molecule has 0 bridgehead atoms. The van der Waals surface area contributed by atoms with Crippen molar-refractivity contribution in [2.45, 2.75) is 40.0 Å². The number of para-hydroxylation sites is 1. The number of hydrogen-bond donors (Lipinski definition) is 1. The van der Waals surface area contributed by atoms with Crippen LogP contribution in [-0.2, 0) is 22.3 Å². The molecule has 150 valence electrons. The molecule has 0 aliphatic carbocycles. The zero-order valence-electron chi connectivity index (χ0n) is 16.4. The number of carboxylic acids is 1. The van der Waals surface area contributed by atoms with Crippen LogP contribution in [0.5, 0.6) is 0 Å². The van der Waals surface area contributed by atoms with Gasteiger partial charge in [-0.25, -0.2) is 19.4 Å². The molecule has 0 saturated carbocycles. The van der Waals surface area contributed by atoms with Gasteiger partial charge >= 0.3 is 17.9 Å². The number of methoxy groups -OCH3 is 1. The third-order valence-electron chi connectivity index (χ3n) is 4.19. The molecular weight excluding hydrogens is 364 g/mol. The van der Waals surface area contributed by atoms with E-state index in [0.29, 0.717) is 30.8 Å². The van der Waals surface area contributed by atoms with Crippen LogP contribution < -0.4 is 0 Å². The lowest BCUT2D eigenvalue weighted by molar-refractivity contribution is 0.0511. The van der Waals surface area contributed by atoms with Crippen LogP contribution in [0.2, 0.25) is 0 Å². The smallest absolute Gasteiger partial charge is 0.357 e. The lowest BCUT2D eigenvalue weighted by atomic mass is 10.1. The molecule has 8 nitrogen and oxygen atoms in total. The topological polar surface area (TPSA) is 108 Å². The maximum Gasteiger partial charge on any atom is 0.357 e. The number of imidazole rings is 1. The lowest BCUT2D eigenvalue weighted by Crippen LogP contribution is -2.20. The van der Waals surface area contributed by atoms with Crippen LogP contribution in [0.15, 0.2) is 18.2 Å². The van der Waals surface area contributed by atoms with E-state index >= 15 is 0 Å². The minimum atomic E-state index is -1.23. The molecule has 0 atom stereocenters. The largest absolute Gasteiger partial charge is 0.478 e. The summed E-state index contributed by atoms with van der Waals surface area (Å²) in [6.07, 6.45) is 1.65. The van der Waals surface area contributed by atoms with E-state index in [9.17, 15) is 19.5 Å². The first-order valence-corrected chi connectivity index (χ1v) is 9.13. The van der Waals surface area contributed by atoms with Crippen molar-refractivity contribution in [1.82, 2.24) is 9.55 Å². The lowest BCUT2D eigenvalue weighted by Gasteiger charge is -2.17. The number of rotatable bonds is 8. The number of carbonyl (C=O) groups is 3. The van der Waals surface area contributed by atoms with Crippen molar-refractivity contribution < 1.29 is 29.0 Å². The Bertz CT molecular complexity index is 900.